The van der Waals surface area contributed by atoms with Gasteiger partial charge < -0.3 is 19.1 Å². The van der Waals surface area contributed by atoms with Crippen molar-refractivity contribution >= 4 is 0 Å². The van der Waals surface area contributed by atoms with Crippen LogP contribution in [0.2, 0.25) is 0 Å². The highest BCUT2D eigenvalue weighted by Crippen LogP contribution is 2.24. The summed E-state index contributed by atoms with van der Waals surface area (Å²) in [4.78, 5) is 1.68. The summed E-state index contributed by atoms with van der Waals surface area (Å²) in [5.41, 5.74) is 1.09. The van der Waals surface area contributed by atoms with Crippen molar-refractivity contribution in [3.8, 4) is 11.5 Å². The van der Waals surface area contributed by atoms with E-state index in [4.69, 9.17) is 14.2 Å². The lowest BCUT2D eigenvalue weighted by Crippen LogP contribution is -3.13. The van der Waals surface area contributed by atoms with Crippen LogP contribution >= 0.6 is 0 Å². The summed E-state index contributed by atoms with van der Waals surface area (Å²) in [5, 5.41) is 0. The second-order valence-electron chi connectivity index (χ2n) is 6.61. The molecular weight excluding hydrogens is 302 g/mol. The molecule has 0 unspecified atom stereocenters. The third-order valence-corrected chi connectivity index (χ3v) is 4.70. The topological polar surface area (TPSA) is 32.1 Å². The summed E-state index contributed by atoms with van der Waals surface area (Å²) in [6.45, 7) is 11.9. The number of piperidine rings is 1. The van der Waals surface area contributed by atoms with Gasteiger partial charge in [0.15, 0.2) is 0 Å². The minimum atomic E-state index is 0.572. The van der Waals surface area contributed by atoms with Crippen molar-refractivity contribution in [2.24, 2.45) is 5.92 Å². The number of rotatable bonds is 10. The summed E-state index contributed by atoms with van der Waals surface area (Å²) in [7, 11) is 1.67. The number of benzene rings is 1. The summed E-state index contributed by atoms with van der Waals surface area (Å²) in [6.07, 6.45) is 5.34. The van der Waals surface area contributed by atoms with Crippen LogP contribution in [0.3, 0.4) is 0 Å². The van der Waals surface area contributed by atoms with Gasteiger partial charge in [0.2, 0.25) is 0 Å². The number of hydrogen-bond donors (Lipinski definition) is 1. The first-order chi connectivity index (χ1) is 11.7. The molecule has 0 spiro atoms. The largest absolute Gasteiger partial charge is 0.497 e. The van der Waals surface area contributed by atoms with Crippen molar-refractivity contribution < 1.29 is 19.1 Å². The number of hydrogen-bond acceptors (Lipinski definition) is 3. The standard InChI is InChI=1S/C20H31NO3/c1-4-5-18-16-19(22-3)6-7-20(18)24-15-14-23-13-12-21-10-8-17(2)9-11-21/h4,6-7,16-17H,1,5,8-15H2,2-3H3/p+1. The van der Waals surface area contributed by atoms with Crippen LogP contribution in [0.1, 0.15) is 25.3 Å². The van der Waals surface area contributed by atoms with Crippen LogP contribution in [-0.4, -0.2) is 46.6 Å². The maximum Gasteiger partial charge on any atom is 0.123 e. The maximum atomic E-state index is 5.86. The highest BCUT2D eigenvalue weighted by molar-refractivity contribution is 5.41. The molecule has 1 fully saturated rings. The lowest BCUT2D eigenvalue weighted by Gasteiger charge is -2.27. The fourth-order valence-corrected chi connectivity index (χ4v) is 3.09. The van der Waals surface area contributed by atoms with Crippen molar-refractivity contribution in [2.75, 3.05) is 46.6 Å². The van der Waals surface area contributed by atoms with E-state index in [1.165, 1.54) is 25.9 Å². The Morgan fingerprint density at radius 1 is 1.21 bits per heavy atom. The highest BCUT2D eigenvalue weighted by Gasteiger charge is 2.18. The van der Waals surface area contributed by atoms with E-state index in [1.807, 2.05) is 24.3 Å². The van der Waals surface area contributed by atoms with Gasteiger partial charge in [0, 0.05) is 5.56 Å². The van der Waals surface area contributed by atoms with E-state index in [0.29, 0.717) is 13.2 Å². The molecule has 1 saturated heterocycles. The van der Waals surface area contributed by atoms with E-state index in [2.05, 4.69) is 13.5 Å². The van der Waals surface area contributed by atoms with Gasteiger partial charge in [0.25, 0.3) is 0 Å². The molecule has 0 aliphatic carbocycles. The fourth-order valence-electron chi connectivity index (χ4n) is 3.09. The molecule has 1 aromatic carbocycles. The maximum absolute atomic E-state index is 5.86. The van der Waals surface area contributed by atoms with Gasteiger partial charge in [-0.2, -0.15) is 0 Å². The average Bonchev–Trinajstić information content (AvgIpc) is 2.60. The number of allylic oxidation sites excluding steroid dienone is 1. The normalized spacial score (nSPS) is 20.6. The zero-order chi connectivity index (χ0) is 17.2. The number of methoxy groups -OCH3 is 1. The fraction of sp³-hybridized carbons (Fsp3) is 0.600. The molecule has 4 heteroatoms. The molecule has 24 heavy (non-hydrogen) atoms. The molecule has 1 heterocycles. The van der Waals surface area contributed by atoms with Crippen LogP contribution in [0.25, 0.3) is 0 Å². The van der Waals surface area contributed by atoms with Gasteiger partial charge >= 0.3 is 0 Å². The Kier molecular flexibility index (Phi) is 8.13. The highest BCUT2D eigenvalue weighted by atomic mass is 16.5. The smallest absolute Gasteiger partial charge is 0.123 e. The van der Waals surface area contributed by atoms with Crippen LogP contribution in [-0.2, 0) is 11.2 Å². The Morgan fingerprint density at radius 2 is 2.00 bits per heavy atom. The third-order valence-electron chi connectivity index (χ3n) is 4.70. The molecule has 1 aliphatic rings. The van der Waals surface area contributed by atoms with Crippen LogP contribution in [0, 0.1) is 5.92 Å². The molecule has 0 amide bonds. The van der Waals surface area contributed by atoms with Crippen molar-refractivity contribution in [1.82, 2.24) is 0 Å². The molecule has 1 aliphatic heterocycles. The van der Waals surface area contributed by atoms with Gasteiger partial charge in [0.05, 0.1) is 33.4 Å². The van der Waals surface area contributed by atoms with E-state index in [-0.39, 0.29) is 0 Å². The minimum absolute atomic E-state index is 0.572. The van der Waals surface area contributed by atoms with Gasteiger partial charge in [-0.25, -0.2) is 0 Å². The molecule has 4 nitrogen and oxygen atoms in total. The monoisotopic (exact) mass is 334 g/mol. The Labute approximate surface area is 146 Å². The van der Waals surface area contributed by atoms with E-state index >= 15 is 0 Å². The van der Waals surface area contributed by atoms with Crippen LogP contribution in [0.4, 0.5) is 0 Å². The van der Waals surface area contributed by atoms with Gasteiger partial charge in [-0.05, 0) is 43.4 Å². The molecule has 0 saturated carbocycles. The molecule has 0 atom stereocenters. The number of likely N-dealkylation sites (tertiary alicyclic amines) is 1. The van der Waals surface area contributed by atoms with E-state index < -0.39 is 0 Å². The molecule has 1 N–H and O–H groups in total. The predicted molar refractivity (Wildman–Crippen MR) is 97.2 cm³/mol. The zero-order valence-electron chi connectivity index (χ0n) is 15.2. The van der Waals surface area contributed by atoms with Crippen molar-refractivity contribution in [3.05, 3.63) is 36.4 Å². The van der Waals surface area contributed by atoms with Gasteiger partial charge in [-0.1, -0.05) is 13.0 Å². The summed E-state index contributed by atoms with van der Waals surface area (Å²) >= 11 is 0. The number of nitrogens with one attached hydrogen (secondary N) is 1. The van der Waals surface area contributed by atoms with E-state index in [0.717, 1.165) is 42.6 Å². The summed E-state index contributed by atoms with van der Waals surface area (Å²) in [5.74, 6) is 2.63. The van der Waals surface area contributed by atoms with Crippen molar-refractivity contribution in [2.45, 2.75) is 26.2 Å². The lowest BCUT2D eigenvalue weighted by atomic mass is 9.99. The first kappa shape index (κ1) is 18.8. The third kappa shape index (κ3) is 6.17. The van der Waals surface area contributed by atoms with Crippen molar-refractivity contribution in [1.29, 1.82) is 0 Å². The minimum Gasteiger partial charge on any atom is -0.497 e. The quantitative estimate of drug-likeness (QED) is 0.525. The van der Waals surface area contributed by atoms with Crippen LogP contribution in [0.5, 0.6) is 11.5 Å². The Morgan fingerprint density at radius 3 is 2.71 bits per heavy atom. The van der Waals surface area contributed by atoms with E-state index in [1.54, 1.807) is 12.0 Å². The second-order valence-corrected chi connectivity index (χ2v) is 6.61. The number of ether oxygens (including phenoxy) is 3. The Balaban J connectivity index is 1.64. The van der Waals surface area contributed by atoms with Gasteiger partial charge in [-0.15, -0.1) is 6.58 Å². The van der Waals surface area contributed by atoms with E-state index in [9.17, 15) is 0 Å². The second kappa shape index (κ2) is 10.4. The van der Waals surface area contributed by atoms with Crippen LogP contribution in [0.15, 0.2) is 30.9 Å². The predicted octanol–water partition coefficient (Wildman–Crippen LogP) is 2.13. The molecule has 0 bridgehead atoms. The SMILES string of the molecule is C=CCc1cc(OC)ccc1OCCOCC[NH+]1CCC(C)CC1. The first-order valence-electron chi connectivity index (χ1n) is 9.05. The first-order valence-corrected chi connectivity index (χ1v) is 9.05. The number of quaternary nitrogens is 1. The molecule has 0 aromatic heterocycles. The summed E-state index contributed by atoms with van der Waals surface area (Å²) < 4.78 is 16.9. The summed E-state index contributed by atoms with van der Waals surface area (Å²) in [6, 6.07) is 5.87. The zero-order valence-corrected chi connectivity index (χ0v) is 15.2. The Bertz CT molecular complexity index is 496. The van der Waals surface area contributed by atoms with Gasteiger partial charge in [-0.3, -0.25) is 0 Å². The van der Waals surface area contributed by atoms with Crippen LogP contribution < -0.4 is 14.4 Å². The van der Waals surface area contributed by atoms with Gasteiger partial charge in [0.1, 0.15) is 24.7 Å². The molecule has 0 radical (unpaired) electrons. The lowest BCUT2D eigenvalue weighted by molar-refractivity contribution is -0.906. The van der Waals surface area contributed by atoms with Crippen molar-refractivity contribution in [3.63, 3.8) is 0 Å². The Hall–Kier alpha value is -1.52. The molecule has 134 valence electrons. The molecule has 1 aromatic rings. The average molecular weight is 334 g/mol. The molecular formula is C20H32NO3+. The molecule has 2 rings (SSSR count).